The number of hydrogen-bond acceptors (Lipinski definition) is 6. The van der Waals surface area contributed by atoms with E-state index < -0.39 is 0 Å². The van der Waals surface area contributed by atoms with Crippen LogP contribution in [0.2, 0.25) is 0 Å². The summed E-state index contributed by atoms with van der Waals surface area (Å²) in [4.78, 5) is 31.2. The molecule has 3 aliphatic heterocycles. The number of para-hydroxylation sites is 2. The largest absolute Gasteiger partial charge is 0.382 e. The molecule has 0 unspecified atom stereocenters. The molecule has 0 spiro atoms. The average Bonchev–Trinajstić information content (AvgIpc) is 3.39. The number of H-pyrrole nitrogens is 2. The Morgan fingerprint density at radius 1 is 1.03 bits per heavy atom. The zero-order chi connectivity index (χ0) is 26.3. The van der Waals surface area contributed by atoms with Crippen molar-refractivity contribution in [2.24, 2.45) is 5.92 Å². The lowest BCUT2D eigenvalue weighted by Gasteiger charge is -2.45. The third-order valence-electron chi connectivity index (χ3n) is 8.19. The van der Waals surface area contributed by atoms with Gasteiger partial charge in [0, 0.05) is 36.9 Å². The molecule has 2 aromatic carbocycles. The van der Waals surface area contributed by atoms with Gasteiger partial charge in [-0.05, 0) is 80.2 Å². The highest BCUT2D eigenvalue weighted by molar-refractivity contribution is 6.00. The minimum Gasteiger partial charge on any atom is -0.382 e. The van der Waals surface area contributed by atoms with E-state index in [2.05, 4.69) is 30.5 Å². The van der Waals surface area contributed by atoms with Gasteiger partial charge >= 0.3 is 0 Å². The van der Waals surface area contributed by atoms with Gasteiger partial charge in [0.2, 0.25) is 0 Å². The van der Waals surface area contributed by atoms with E-state index in [9.17, 15) is 4.79 Å². The van der Waals surface area contributed by atoms with Gasteiger partial charge in [0.05, 0.1) is 27.9 Å². The molecular formula is C30H30FN7O. The maximum atomic E-state index is 15.5. The van der Waals surface area contributed by atoms with Crippen molar-refractivity contribution in [3.63, 3.8) is 0 Å². The number of piperidine rings is 3. The maximum Gasteiger partial charge on any atom is 0.261 e. The highest BCUT2D eigenvalue weighted by Crippen LogP contribution is 2.37. The van der Waals surface area contributed by atoms with Crippen molar-refractivity contribution in [3.05, 3.63) is 82.7 Å². The summed E-state index contributed by atoms with van der Waals surface area (Å²) in [6.07, 6.45) is 6.48. The Morgan fingerprint density at radius 3 is 2.62 bits per heavy atom. The Balaban J connectivity index is 1.30. The summed E-state index contributed by atoms with van der Waals surface area (Å²) in [6.45, 7) is 3.69. The van der Waals surface area contributed by atoms with Gasteiger partial charge in [-0.2, -0.15) is 0 Å². The highest BCUT2D eigenvalue weighted by atomic mass is 19.1. The van der Waals surface area contributed by atoms with E-state index in [1.807, 2.05) is 36.4 Å². The normalized spacial score (nSPS) is 20.5. The molecular weight excluding hydrogens is 493 g/mol. The molecule has 9 heteroatoms. The summed E-state index contributed by atoms with van der Waals surface area (Å²) in [7, 11) is 0. The zero-order valence-electron chi connectivity index (χ0n) is 21.5. The van der Waals surface area contributed by atoms with Crippen LogP contribution in [0.25, 0.3) is 33.3 Å². The van der Waals surface area contributed by atoms with Crippen LogP contribution >= 0.6 is 0 Å². The first-order valence-corrected chi connectivity index (χ1v) is 13.6. The number of hydrogen-bond donors (Lipinski definition) is 4. The van der Waals surface area contributed by atoms with E-state index in [0.717, 1.165) is 55.5 Å². The molecule has 2 bridgehead atoms. The van der Waals surface area contributed by atoms with E-state index in [1.54, 1.807) is 18.5 Å². The Labute approximate surface area is 224 Å². The van der Waals surface area contributed by atoms with Gasteiger partial charge in [0.25, 0.3) is 5.56 Å². The van der Waals surface area contributed by atoms with Crippen LogP contribution in [0.3, 0.4) is 0 Å². The molecule has 8 nitrogen and oxygen atoms in total. The van der Waals surface area contributed by atoms with E-state index in [-0.39, 0.29) is 17.4 Å². The third-order valence-corrected chi connectivity index (χ3v) is 8.19. The summed E-state index contributed by atoms with van der Waals surface area (Å²) >= 11 is 0. The van der Waals surface area contributed by atoms with Crippen molar-refractivity contribution in [1.29, 1.82) is 0 Å². The van der Waals surface area contributed by atoms with Gasteiger partial charge in [-0.15, -0.1) is 0 Å². The van der Waals surface area contributed by atoms with E-state index in [4.69, 9.17) is 4.98 Å². The minimum absolute atomic E-state index is 0.182. The van der Waals surface area contributed by atoms with Crippen molar-refractivity contribution >= 4 is 33.3 Å². The summed E-state index contributed by atoms with van der Waals surface area (Å²) in [5, 5.41) is 7.54. The molecule has 198 valence electrons. The summed E-state index contributed by atoms with van der Waals surface area (Å²) in [6, 6.07) is 15.0. The molecule has 0 amide bonds. The number of anilines is 2. The lowest BCUT2D eigenvalue weighted by atomic mass is 9.83. The van der Waals surface area contributed by atoms with Gasteiger partial charge in [-0.3, -0.25) is 9.78 Å². The van der Waals surface area contributed by atoms with Crippen molar-refractivity contribution in [1.82, 2.24) is 24.8 Å². The van der Waals surface area contributed by atoms with Crippen LogP contribution in [0.4, 0.5) is 15.8 Å². The maximum absolute atomic E-state index is 15.5. The molecule has 0 radical (unpaired) electrons. The topological polar surface area (TPSA) is 102 Å². The zero-order valence-corrected chi connectivity index (χ0v) is 21.5. The van der Waals surface area contributed by atoms with Crippen LogP contribution in [0.1, 0.15) is 18.4 Å². The van der Waals surface area contributed by atoms with Crippen LogP contribution in [0.15, 0.2) is 65.7 Å². The lowest BCUT2D eigenvalue weighted by molar-refractivity contribution is 0.0976. The first kappa shape index (κ1) is 23.8. The minimum atomic E-state index is -0.364. The average molecular weight is 524 g/mol. The third kappa shape index (κ3) is 4.52. The van der Waals surface area contributed by atoms with Gasteiger partial charge in [0.1, 0.15) is 17.2 Å². The quantitative estimate of drug-likeness (QED) is 0.245. The predicted octanol–water partition coefficient (Wildman–Crippen LogP) is 4.77. The number of rotatable bonds is 7. The molecule has 8 rings (SSSR count). The summed E-state index contributed by atoms with van der Waals surface area (Å²) < 4.78 is 15.5. The molecule has 4 N–H and O–H groups in total. The second-order valence-corrected chi connectivity index (χ2v) is 10.6. The molecule has 3 fully saturated rings. The Bertz CT molecular complexity index is 1670. The van der Waals surface area contributed by atoms with Gasteiger partial charge in [0.15, 0.2) is 0 Å². The lowest BCUT2D eigenvalue weighted by Crippen LogP contribution is -2.53. The molecule has 3 aliphatic rings. The number of fused-ring (bicyclic) bond motifs is 5. The Hall–Kier alpha value is -4.24. The number of aromatic amines is 2. The molecule has 6 heterocycles. The first-order chi connectivity index (χ1) is 19.1. The number of halogens is 1. The SMILES string of the molecule is O=c1[nH]c2cc(NCCc3ccncc3)c(F)cc2c(N[C@H]2CN3CCC2CC3)c1-c1nc2ccccc2[nH]1. The first-order valence-electron chi connectivity index (χ1n) is 13.6. The van der Waals surface area contributed by atoms with Crippen molar-refractivity contribution < 1.29 is 4.39 Å². The van der Waals surface area contributed by atoms with Crippen molar-refractivity contribution in [2.75, 3.05) is 36.8 Å². The number of imidazole rings is 1. The van der Waals surface area contributed by atoms with Crippen LogP contribution in [-0.2, 0) is 6.42 Å². The van der Waals surface area contributed by atoms with Gasteiger partial charge in [-0.1, -0.05) is 12.1 Å². The molecule has 3 aromatic heterocycles. The second kappa shape index (κ2) is 9.81. The number of nitrogens with one attached hydrogen (secondary N) is 4. The molecule has 3 saturated heterocycles. The molecule has 5 aromatic rings. The van der Waals surface area contributed by atoms with Crippen molar-refractivity contribution in [2.45, 2.75) is 25.3 Å². The predicted molar refractivity (Wildman–Crippen MR) is 153 cm³/mol. The molecule has 1 atom stereocenters. The standard InChI is InChI=1S/C30H30FN7O/c31-21-15-20-24(16-25(21)33-12-7-18-5-10-32-11-6-18)37-30(39)27(29-35-22-3-1-2-4-23(22)36-29)28(20)34-26-17-38-13-8-19(26)9-14-38/h1-6,10-11,15-16,19,26,33H,7-9,12-14,17H2,(H,35,36)(H2,34,37,39)/t26-/m0/s1. The fourth-order valence-electron chi connectivity index (χ4n) is 6.10. The summed E-state index contributed by atoms with van der Waals surface area (Å²) in [5.41, 5.74) is 4.46. The smallest absolute Gasteiger partial charge is 0.261 e. The van der Waals surface area contributed by atoms with E-state index >= 15 is 4.39 Å². The molecule has 0 aliphatic carbocycles. The number of pyridine rings is 2. The van der Waals surface area contributed by atoms with Gasteiger partial charge < -0.3 is 25.5 Å². The summed E-state index contributed by atoms with van der Waals surface area (Å²) in [5.74, 6) is 0.631. The van der Waals surface area contributed by atoms with E-state index in [1.165, 1.54) is 6.07 Å². The Morgan fingerprint density at radius 2 is 1.85 bits per heavy atom. The van der Waals surface area contributed by atoms with E-state index in [0.29, 0.717) is 46.1 Å². The second-order valence-electron chi connectivity index (χ2n) is 10.6. The van der Waals surface area contributed by atoms with Crippen LogP contribution in [0.5, 0.6) is 0 Å². The van der Waals surface area contributed by atoms with Crippen LogP contribution in [-0.4, -0.2) is 57.1 Å². The van der Waals surface area contributed by atoms with Gasteiger partial charge in [-0.25, -0.2) is 9.37 Å². The number of nitrogens with zero attached hydrogens (tertiary/aromatic N) is 3. The van der Waals surface area contributed by atoms with Crippen LogP contribution < -0.4 is 16.2 Å². The monoisotopic (exact) mass is 523 g/mol. The number of aromatic nitrogens is 4. The van der Waals surface area contributed by atoms with Crippen molar-refractivity contribution in [3.8, 4) is 11.4 Å². The number of benzene rings is 2. The Kier molecular flexibility index (Phi) is 6.00. The molecule has 39 heavy (non-hydrogen) atoms. The molecule has 0 saturated carbocycles. The van der Waals surface area contributed by atoms with Crippen LogP contribution in [0, 0.1) is 11.7 Å². The highest BCUT2D eigenvalue weighted by Gasteiger charge is 2.35. The fraction of sp³-hybridized carbons (Fsp3) is 0.300. The fourth-order valence-corrected chi connectivity index (χ4v) is 6.10.